The van der Waals surface area contributed by atoms with Crippen LogP contribution in [0.4, 0.5) is 8.78 Å². The van der Waals surface area contributed by atoms with Crippen LogP contribution in [-0.2, 0) is 0 Å². The Bertz CT molecular complexity index is 614. The van der Waals surface area contributed by atoms with Crippen LogP contribution < -0.4 is 5.32 Å². The Kier molecular flexibility index (Phi) is 4.17. The molecule has 0 radical (unpaired) electrons. The van der Waals surface area contributed by atoms with Crippen LogP contribution in [-0.4, -0.2) is 5.91 Å². The summed E-state index contributed by atoms with van der Waals surface area (Å²) in [5.41, 5.74) is 0.234. The highest BCUT2D eigenvalue weighted by atomic mass is 35.5. The first-order valence-electron chi connectivity index (χ1n) is 5.48. The number of rotatable bonds is 3. The summed E-state index contributed by atoms with van der Waals surface area (Å²) in [5.74, 6) is -1.67. The summed E-state index contributed by atoms with van der Waals surface area (Å²) in [6.07, 6.45) is 0. The maximum Gasteiger partial charge on any atom is 0.261 e. The SMILES string of the molecule is C[C@@H](NC(=O)c1ccc(Cl)s1)c1ccc(F)cc1F. The standard InChI is InChI=1S/C13H10ClF2NOS/c1-7(9-3-2-8(15)6-10(9)16)17-13(18)11-4-5-12(14)19-11/h2-7H,1H3,(H,17,18)/t7-/m1/s1. The van der Waals surface area contributed by atoms with E-state index < -0.39 is 17.7 Å². The van der Waals surface area contributed by atoms with Gasteiger partial charge in [0, 0.05) is 11.6 Å². The normalized spacial score (nSPS) is 12.2. The molecule has 0 aliphatic carbocycles. The molecule has 1 N–H and O–H groups in total. The van der Waals surface area contributed by atoms with Crippen LogP contribution >= 0.6 is 22.9 Å². The molecule has 19 heavy (non-hydrogen) atoms. The monoisotopic (exact) mass is 301 g/mol. The van der Waals surface area contributed by atoms with Gasteiger partial charge in [0.05, 0.1) is 15.3 Å². The number of halogens is 3. The Morgan fingerprint density at radius 2 is 2.05 bits per heavy atom. The van der Waals surface area contributed by atoms with E-state index >= 15 is 0 Å². The zero-order valence-electron chi connectivity index (χ0n) is 9.91. The first-order chi connectivity index (χ1) is 8.97. The molecule has 1 heterocycles. The van der Waals surface area contributed by atoms with Crippen molar-refractivity contribution in [2.75, 3.05) is 0 Å². The molecule has 1 aromatic heterocycles. The third-order valence-electron chi connectivity index (χ3n) is 2.57. The maximum absolute atomic E-state index is 13.5. The average Bonchev–Trinajstić information content (AvgIpc) is 2.75. The van der Waals surface area contributed by atoms with Crippen molar-refractivity contribution in [2.45, 2.75) is 13.0 Å². The molecular weight excluding hydrogens is 292 g/mol. The van der Waals surface area contributed by atoms with Gasteiger partial charge in [-0.25, -0.2) is 8.78 Å². The molecule has 0 saturated carbocycles. The van der Waals surface area contributed by atoms with Gasteiger partial charge in [0.1, 0.15) is 11.6 Å². The number of amides is 1. The van der Waals surface area contributed by atoms with Crippen LogP contribution in [0.3, 0.4) is 0 Å². The smallest absolute Gasteiger partial charge is 0.261 e. The van der Waals surface area contributed by atoms with Crippen LogP contribution in [0.1, 0.15) is 28.2 Å². The minimum atomic E-state index is -0.683. The van der Waals surface area contributed by atoms with Crippen LogP contribution in [0.25, 0.3) is 0 Å². The van der Waals surface area contributed by atoms with Crippen molar-refractivity contribution in [3.8, 4) is 0 Å². The number of thiophene rings is 1. The lowest BCUT2D eigenvalue weighted by Crippen LogP contribution is -2.26. The quantitative estimate of drug-likeness (QED) is 0.905. The Morgan fingerprint density at radius 3 is 2.63 bits per heavy atom. The minimum absolute atomic E-state index is 0.234. The Labute approximate surface area is 118 Å². The lowest BCUT2D eigenvalue weighted by atomic mass is 10.1. The average molecular weight is 302 g/mol. The molecule has 1 aromatic carbocycles. The molecule has 2 nitrogen and oxygen atoms in total. The molecule has 6 heteroatoms. The highest BCUT2D eigenvalue weighted by molar-refractivity contribution is 7.17. The van der Waals surface area contributed by atoms with E-state index in [2.05, 4.69) is 5.32 Å². The molecule has 0 saturated heterocycles. The zero-order valence-corrected chi connectivity index (χ0v) is 11.5. The fraction of sp³-hybridized carbons (Fsp3) is 0.154. The van der Waals surface area contributed by atoms with Crippen molar-refractivity contribution in [3.05, 3.63) is 56.7 Å². The fourth-order valence-electron chi connectivity index (χ4n) is 1.63. The first-order valence-corrected chi connectivity index (χ1v) is 6.68. The second kappa shape index (κ2) is 5.67. The predicted molar refractivity (Wildman–Crippen MR) is 71.6 cm³/mol. The third kappa shape index (κ3) is 3.30. The minimum Gasteiger partial charge on any atom is -0.345 e. The highest BCUT2D eigenvalue weighted by Gasteiger charge is 2.16. The number of benzene rings is 1. The van der Waals surface area contributed by atoms with Crippen molar-refractivity contribution >= 4 is 28.8 Å². The van der Waals surface area contributed by atoms with E-state index in [1.54, 1.807) is 19.1 Å². The fourth-order valence-corrected chi connectivity index (χ4v) is 2.58. The van der Waals surface area contributed by atoms with Gasteiger partial charge in [-0.1, -0.05) is 17.7 Å². The number of nitrogens with one attached hydrogen (secondary N) is 1. The molecule has 2 rings (SSSR count). The van der Waals surface area contributed by atoms with Crippen molar-refractivity contribution in [1.29, 1.82) is 0 Å². The van der Waals surface area contributed by atoms with E-state index in [9.17, 15) is 13.6 Å². The molecular formula is C13H10ClF2NOS. The topological polar surface area (TPSA) is 29.1 Å². The number of hydrogen-bond acceptors (Lipinski definition) is 2. The van der Waals surface area contributed by atoms with E-state index in [-0.39, 0.29) is 11.5 Å². The van der Waals surface area contributed by atoms with Crippen molar-refractivity contribution in [1.82, 2.24) is 5.32 Å². The lowest BCUT2D eigenvalue weighted by Gasteiger charge is -2.14. The Hall–Kier alpha value is -1.46. The number of carbonyl (C=O) groups excluding carboxylic acids is 1. The van der Waals surface area contributed by atoms with Gasteiger partial charge >= 0.3 is 0 Å². The molecule has 0 bridgehead atoms. The van der Waals surface area contributed by atoms with E-state index in [1.165, 1.54) is 6.07 Å². The largest absolute Gasteiger partial charge is 0.345 e. The Balaban J connectivity index is 2.12. The Morgan fingerprint density at radius 1 is 1.32 bits per heavy atom. The molecule has 0 spiro atoms. The first kappa shape index (κ1) is 14.0. The predicted octanol–water partition coefficient (Wildman–Crippen LogP) is 4.17. The van der Waals surface area contributed by atoms with Gasteiger partial charge in [-0.05, 0) is 25.1 Å². The van der Waals surface area contributed by atoms with Gasteiger partial charge in [0.2, 0.25) is 0 Å². The molecule has 1 amide bonds. The van der Waals surface area contributed by atoms with Gasteiger partial charge in [-0.3, -0.25) is 4.79 Å². The van der Waals surface area contributed by atoms with Gasteiger partial charge in [0.25, 0.3) is 5.91 Å². The van der Waals surface area contributed by atoms with Gasteiger partial charge in [-0.15, -0.1) is 11.3 Å². The van der Waals surface area contributed by atoms with Crippen molar-refractivity contribution < 1.29 is 13.6 Å². The summed E-state index contributed by atoms with van der Waals surface area (Å²) < 4.78 is 26.9. The summed E-state index contributed by atoms with van der Waals surface area (Å²) in [7, 11) is 0. The maximum atomic E-state index is 13.5. The van der Waals surface area contributed by atoms with Gasteiger partial charge in [-0.2, -0.15) is 0 Å². The molecule has 0 aliphatic rings. The van der Waals surface area contributed by atoms with Gasteiger partial charge in [0.15, 0.2) is 0 Å². The summed E-state index contributed by atoms with van der Waals surface area (Å²) >= 11 is 6.88. The summed E-state index contributed by atoms with van der Waals surface area (Å²) in [6.45, 7) is 1.63. The molecule has 0 unspecified atom stereocenters. The summed E-state index contributed by atoms with van der Waals surface area (Å²) in [5, 5.41) is 2.64. The number of hydrogen-bond donors (Lipinski definition) is 1. The zero-order chi connectivity index (χ0) is 14.0. The second-order valence-electron chi connectivity index (χ2n) is 3.96. The summed E-state index contributed by atoms with van der Waals surface area (Å²) in [4.78, 5) is 12.3. The highest BCUT2D eigenvalue weighted by Crippen LogP contribution is 2.23. The lowest BCUT2D eigenvalue weighted by molar-refractivity contribution is 0.0943. The molecule has 0 fully saturated rings. The van der Waals surface area contributed by atoms with E-state index in [0.717, 1.165) is 23.5 Å². The molecule has 1 atom stereocenters. The van der Waals surface area contributed by atoms with Crippen LogP contribution in [0.2, 0.25) is 4.34 Å². The molecule has 0 aliphatic heterocycles. The van der Waals surface area contributed by atoms with Crippen molar-refractivity contribution in [2.24, 2.45) is 0 Å². The van der Waals surface area contributed by atoms with E-state index in [1.807, 2.05) is 0 Å². The van der Waals surface area contributed by atoms with Gasteiger partial charge < -0.3 is 5.32 Å². The number of carbonyl (C=O) groups is 1. The van der Waals surface area contributed by atoms with E-state index in [0.29, 0.717) is 9.21 Å². The van der Waals surface area contributed by atoms with Crippen LogP contribution in [0.5, 0.6) is 0 Å². The third-order valence-corrected chi connectivity index (χ3v) is 3.80. The second-order valence-corrected chi connectivity index (χ2v) is 5.68. The van der Waals surface area contributed by atoms with Crippen LogP contribution in [0, 0.1) is 11.6 Å². The summed E-state index contributed by atoms with van der Waals surface area (Å²) in [6, 6.07) is 5.91. The van der Waals surface area contributed by atoms with Crippen molar-refractivity contribution in [3.63, 3.8) is 0 Å². The molecule has 100 valence electrons. The van der Waals surface area contributed by atoms with E-state index in [4.69, 9.17) is 11.6 Å². The molecule has 2 aromatic rings. The van der Waals surface area contributed by atoms with Crippen LogP contribution in [0.15, 0.2) is 30.3 Å².